The molecule has 1 amide bonds. The van der Waals surface area contributed by atoms with Gasteiger partial charge in [0.05, 0.1) is 11.4 Å². The van der Waals surface area contributed by atoms with Gasteiger partial charge >= 0.3 is 0 Å². The van der Waals surface area contributed by atoms with Crippen molar-refractivity contribution in [2.24, 2.45) is 0 Å². The highest BCUT2D eigenvalue weighted by molar-refractivity contribution is 8.00. The number of carbonyl (C=O) groups excluding carboxylic acids is 1. The molecule has 1 N–H and O–H groups in total. The molecule has 28 heavy (non-hydrogen) atoms. The summed E-state index contributed by atoms with van der Waals surface area (Å²) < 4.78 is 5.58. The van der Waals surface area contributed by atoms with Gasteiger partial charge < -0.3 is 10.1 Å². The van der Waals surface area contributed by atoms with Crippen molar-refractivity contribution >= 4 is 39.2 Å². The molecular formula is C21H23N3O2S2. The fourth-order valence-corrected chi connectivity index (χ4v) is 5.36. The van der Waals surface area contributed by atoms with Crippen molar-refractivity contribution in [2.45, 2.75) is 43.1 Å². The highest BCUT2D eigenvalue weighted by atomic mass is 32.2. The summed E-state index contributed by atoms with van der Waals surface area (Å²) in [5.74, 6) is 0.742. The quantitative estimate of drug-likeness (QED) is 0.478. The summed E-state index contributed by atoms with van der Waals surface area (Å²) in [5.41, 5.74) is 1.17. The van der Waals surface area contributed by atoms with Gasteiger partial charge in [-0.2, -0.15) is 0 Å². The molecule has 1 fully saturated rings. The Bertz CT molecular complexity index is 968. The maximum absolute atomic E-state index is 12.5. The van der Waals surface area contributed by atoms with Crippen molar-refractivity contribution in [1.29, 1.82) is 0 Å². The van der Waals surface area contributed by atoms with E-state index in [0.717, 1.165) is 45.4 Å². The minimum atomic E-state index is -0.237. The lowest BCUT2D eigenvalue weighted by Gasteiger charge is -2.15. The molecular weight excluding hydrogens is 390 g/mol. The molecule has 2 aromatic heterocycles. The monoisotopic (exact) mass is 413 g/mol. The maximum Gasteiger partial charge on any atom is 0.233 e. The summed E-state index contributed by atoms with van der Waals surface area (Å²) in [6, 6.07) is 12.4. The lowest BCUT2D eigenvalue weighted by Crippen LogP contribution is -2.36. The number of nitrogens with one attached hydrogen (secondary N) is 1. The number of benzene rings is 1. The Morgan fingerprint density at radius 1 is 1.36 bits per heavy atom. The second kappa shape index (κ2) is 8.59. The smallest absolute Gasteiger partial charge is 0.233 e. The summed E-state index contributed by atoms with van der Waals surface area (Å²) >= 11 is 3.15. The highest BCUT2D eigenvalue weighted by Crippen LogP contribution is 2.37. The van der Waals surface area contributed by atoms with Crippen molar-refractivity contribution in [3.8, 4) is 10.4 Å². The summed E-state index contributed by atoms with van der Waals surface area (Å²) in [6.45, 7) is 5.19. The van der Waals surface area contributed by atoms with Gasteiger partial charge in [-0.15, -0.1) is 11.3 Å². The van der Waals surface area contributed by atoms with Crippen molar-refractivity contribution < 1.29 is 9.53 Å². The molecule has 1 aliphatic rings. The number of ether oxygens (including phenoxy) is 1. The zero-order valence-corrected chi connectivity index (χ0v) is 17.6. The zero-order valence-electron chi connectivity index (χ0n) is 16.0. The lowest BCUT2D eigenvalue weighted by atomic mass is 10.2. The van der Waals surface area contributed by atoms with Crippen molar-refractivity contribution in [2.75, 3.05) is 13.2 Å². The SMILES string of the molecule is Cc1nc(S[C@H](C)C(=O)NC[C@H]2CCCO2)c2cc(-c3ccccc3)sc2n1. The predicted molar refractivity (Wildman–Crippen MR) is 115 cm³/mol. The molecule has 1 aliphatic heterocycles. The van der Waals surface area contributed by atoms with Crippen LogP contribution in [0.3, 0.4) is 0 Å². The average Bonchev–Trinajstić information content (AvgIpc) is 3.36. The van der Waals surface area contributed by atoms with E-state index in [1.54, 1.807) is 11.3 Å². The van der Waals surface area contributed by atoms with E-state index < -0.39 is 0 Å². The lowest BCUT2D eigenvalue weighted by molar-refractivity contribution is -0.120. The molecule has 2 atom stereocenters. The van der Waals surface area contributed by atoms with Gasteiger partial charge in [-0.1, -0.05) is 42.1 Å². The minimum absolute atomic E-state index is 0.0171. The van der Waals surface area contributed by atoms with Crippen molar-refractivity contribution in [1.82, 2.24) is 15.3 Å². The van der Waals surface area contributed by atoms with E-state index in [2.05, 4.69) is 33.5 Å². The first-order valence-electron chi connectivity index (χ1n) is 9.50. The van der Waals surface area contributed by atoms with Gasteiger partial charge in [0.15, 0.2) is 0 Å². The molecule has 0 unspecified atom stereocenters. The number of thioether (sulfide) groups is 1. The minimum Gasteiger partial charge on any atom is -0.376 e. The van der Waals surface area contributed by atoms with E-state index in [1.807, 2.05) is 32.0 Å². The Balaban J connectivity index is 1.52. The Hall–Kier alpha value is -1.96. The van der Waals surface area contributed by atoms with Crippen LogP contribution in [0.15, 0.2) is 41.4 Å². The third-order valence-electron chi connectivity index (χ3n) is 4.71. The van der Waals surface area contributed by atoms with Crippen LogP contribution in [0.4, 0.5) is 0 Å². The summed E-state index contributed by atoms with van der Waals surface area (Å²) in [4.78, 5) is 23.9. The fraction of sp³-hybridized carbons (Fsp3) is 0.381. The number of aromatic nitrogens is 2. The number of amides is 1. The zero-order chi connectivity index (χ0) is 19.5. The third-order valence-corrected chi connectivity index (χ3v) is 6.89. The molecule has 0 spiro atoms. The summed E-state index contributed by atoms with van der Waals surface area (Å²) in [7, 11) is 0. The number of aryl methyl sites for hydroxylation is 1. The molecule has 1 saturated heterocycles. The van der Waals surface area contributed by atoms with E-state index in [4.69, 9.17) is 4.74 Å². The molecule has 5 nitrogen and oxygen atoms in total. The van der Waals surface area contributed by atoms with E-state index in [0.29, 0.717) is 6.54 Å². The van der Waals surface area contributed by atoms with Crippen LogP contribution in [0.5, 0.6) is 0 Å². The first kappa shape index (κ1) is 19.4. The predicted octanol–water partition coefficient (Wildman–Crippen LogP) is 4.44. The molecule has 4 rings (SSSR count). The molecule has 7 heteroatoms. The standard InChI is InChI=1S/C21H23N3O2S2/c1-13(19(25)22-12-16-9-6-10-26-16)27-20-17-11-18(15-7-4-3-5-8-15)28-21(17)24-14(2)23-20/h3-5,7-8,11,13,16H,6,9-10,12H2,1-2H3,(H,22,25)/t13-,16-/m1/s1. The molecule has 0 saturated carbocycles. The molecule has 146 valence electrons. The molecule has 3 aromatic rings. The van der Waals surface area contributed by atoms with Gasteiger partial charge in [0.25, 0.3) is 0 Å². The normalized spacial score (nSPS) is 17.7. The van der Waals surface area contributed by atoms with Crippen LogP contribution in [0.2, 0.25) is 0 Å². The number of thiophene rings is 1. The van der Waals surface area contributed by atoms with Crippen LogP contribution < -0.4 is 5.32 Å². The van der Waals surface area contributed by atoms with Gasteiger partial charge in [0, 0.05) is 23.4 Å². The van der Waals surface area contributed by atoms with Crippen LogP contribution in [0, 0.1) is 6.92 Å². The first-order valence-corrected chi connectivity index (χ1v) is 11.2. The molecule has 3 heterocycles. The van der Waals surface area contributed by atoms with Crippen molar-refractivity contribution in [3.05, 3.63) is 42.2 Å². The highest BCUT2D eigenvalue weighted by Gasteiger charge is 2.21. The van der Waals surface area contributed by atoms with E-state index in [-0.39, 0.29) is 17.3 Å². The molecule has 1 aromatic carbocycles. The second-order valence-electron chi connectivity index (χ2n) is 6.91. The fourth-order valence-electron chi connectivity index (χ4n) is 3.22. The number of carbonyl (C=O) groups is 1. The van der Waals surface area contributed by atoms with Crippen LogP contribution >= 0.6 is 23.1 Å². The molecule has 0 aliphatic carbocycles. The Morgan fingerprint density at radius 3 is 2.93 bits per heavy atom. The van der Waals surface area contributed by atoms with Gasteiger partial charge in [-0.05, 0) is 38.3 Å². The average molecular weight is 414 g/mol. The van der Waals surface area contributed by atoms with E-state index in [9.17, 15) is 4.79 Å². The van der Waals surface area contributed by atoms with Gasteiger partial charge in [-0.25, -0.2) is 9.97 Å². The summed E-state index contributed by atoms with van der Waals surface area (Å²) in [6.07, 6.45) is 2.25. The number of hydrogen-bond donors (Lipinski definition) is 1. The number of rotatable bonds is 6. The first-order chi connectivity index (χ1) is 13.6. The Morgan fingerprint density at radius 2 is 2.18 bits per heavy atom. The summed E-state index contributed by atoms with van der Waals surface area (Å²) in [5, 5.41) is 4.65. The number of hydrogen-bond acceptors (Lipinski definition) is 6. The van der Waals surface area contributed by atoms with Crippen LogP contribution in [-0.4, -0.2) is 40.4 Å². The number of nitrogens with zero attached hydrogens (tertiary/aromatic N) is 2. The number of fused-ring (bicyclic) bond motifs is 1. The van der Waals surface area contributed by atoms with Gasteiger partial charge in [-0.3, -0.25) is 4.79 Å². The molecule has 0 radical (unpaired) electrons. The van der Waals surface area contributed by atoms with Crippen LogP contribution in [0.25, 0.3) is 20.7 Å². The van der Waals surface area contributed by atoms with E-state index >= 15 is 0 Å². The van der Waals surface area contributed by atoms with Crippen LogP contribution in [-0.2, 0) is 9.53 Å². The van der Waals surface area contributed by atoms with Gasteiger partial charge in [0.2, 0.25) is 5.91 Å². The second-order valence-corrected chi connectivity index (χ2v) is 9.27. The molecule has 0 bridgehead atoms. The Kier molecular flexibility index (Phi) is 5.94. The largest absolute Gasteiger partial charge is 0.376 e. The van der Waals surface area contributed by atoms with Crippen molar-refractivity contribution in [3.63, 3.8) is 0 Å². The topological polar surface area (TPSA) is 64.1 Å². The Labute approximate surface area is 172 Å². The maximum atomic E-state index is 12.5. The third kappa shape index (κ3) is 4.37. The van der Waals surface area contributed by atoms with Gasteiger partial charge in [0.1, 0.15) is 15.7 Å². The van der Waals surface area contributed by atoms with Crippen LogP contribution in [0.1, 0.15) is 25.6 Å². The van der Waals surface area contributed by atoms with E-state index in [1.165, 1.54) is 17.3 Å².